The highest BCUT2D eigenvalue weighted by molar-refractivity contribution is 6.08. The third-order valence-electron chi connectivity index (χ3n) is 5.63. The van der Waals surface area contributed by atoms with Crippen molar-refractivity contribution in [2.75, 3.05) is 13.3 Å². The predicted octanol–water partition coefficient (Wildman–Crippen LogP) is 1.96. The maximum absolute atomic E-state index is 12.8. The zero-order valence-corrected chi connectivity index (χ0v) is 15.2. The van der Waals surface area contributed by atoms with Gasteiger partial charge >= 0.3 is 12.0 Å². The molecule has 0 unspecified atom stereocenters. The van der Waals surface area contributed by atoms with Gasteiger partial charge in [-0.2, -0.15) is 0 Å². The molecule has 2 heterocycles. The van der Waals surface area contributed by atoms with Gasteiger partial charge in [0.25, 0.3) is 5.91 Å². The lowest BCUT2D eigenvalue weighted by atomic mass is 9.73. The van der Waals surface area contributed by atoms with Crippen LogP contribution in [0.1, 0.15) is 38.2 Å². The van der Waals surface area contributed by atoms with Crippen molar-refractivity contribution in [1.29, 1.82) is 0 Å². The smallest absolute Gasteiger partial charge is 0.326 e. The van der Waals surface area contributed by atoms with Crippen LogP contribution in [-0.2, 0) is 20.9 Å². The molecule has 3 amide bonds. The largest absolute Gasteiger partial charge is 0.459 e. The number of imide groups is 1. The van der Waals surface area contributed by atoms with Gasteiger partial charge < -0.3 is 19.5 Å². The predicted molar refractivity (Wildman–Crippen MR) is 93.0 cm³/mol. The molecule has 27 heavy (non-hydrogen) atoms. The highest BCUT2D eigenvalue weighted by Gasteiger charge is 2.55. The van der Waals surface area contributed by atoms with Gasteiger partial charge in [-0.05, 0) is 36.5 Å². The number of hydrogen-bond acceptors (Lipinski definition) is 6. The summed E-state index contributed by atoms with van der Waals surface area (Å²) < 4.78 is 15.8. The van der Waals surface area contributed by atoms with Gasteiger partial charge in [0.2, 0.25) is 6.79 Å². The van der Waals surface area contributed by atoms with E-state index in [1.807, 2.05) is 6.92 Å². The molecule has 0 aromatic heterocycles. The first-order valence-corrected chi connectivity index (χ1v) is 9.18. The minimum absolute atomic E-state index is 0.0284. The van der Waals surface area contributed by atoms with E-state index in [4.69, 9.17) is 14.2 Å². The molecule has 1 aromatic carbocycles. The highest BCUT2D eigenvalue weighted by atomic mass is 16.7. The molecule has 1 saturated carbocycles. The van der Waals surface area contributed by atoms with Crippen LogP contribution in [0.25, 0.3) is 0 Å². The third kappa shape index (κ3) is 3.09. The van der Waals surface area contributed by atoms with Crippen molar-refractivity contribution in [3.05, 3.63) is 23.8 Å². The van der Waals surface area contributed by atoms with Crippen molar-refractivity contribution in [1.82, 2.24) is 10.2 Å². The van der Waals surface area contributed by atoms with Crippen molar-refractivity contribution in [3.8, 4) is 11.5 Å². The van der Waals surface area contributed by atoms with Crippen molar-refractivity contribution in [2.24, 2.45) is 5.92 Å². The second-order valence-corrected chi connectivity index (χ2v) is 7.29. The Bertz CT molecular complexity index is 794. The Labute approximate surface area is 156 Å². The van der Waals surface area contributed by atoms with Crippen molar-refractivity contribution >= 4 is 17.9 Å². The minimum atomic E-state index is -0.868. The Morgan fingerprint density at radius 2 is 2.11 bits per heavy atom. The SMILES string of the molecule is C[C@H]1CCCC[C@]12NC(=O)N(CC(=O)OCc1ccc3c(c1)OCO3)C2=O. The molecule has 2 fully saturated rings. The fraction of sp³-hybridized carbons (Fsp3) is 0.526. The van der Waals surface area contributed by atoms with Crippen molar-refractivity contribution in [2.45, 2.75) is 44.8 Å². The van der Waals surface area contributed by atoms with Crippen LogP contribution in [0, 0.1) is 5.92 Å². The van der Waals surface area contributed by atoms with E-state index in [0.29, 0.717) is 17.9 Å². The summed E-state index contributed by atoms with van der Waals surface area (Å²) in [5, 5.41) is 2.83. The topological polar surface area (TPSA) is 94.2 Å². The molecule has 2 atom stereocenters. The molecule has 2 aliphatic heterocycles. The molecule has 8 nitrogen and oxygen atoms in total. The summed E-state index contributed by atoms with van der Waals surface area (Å²) in [4.78, 5) is 38.3. The van der Waals surface area contributed by atoms with Gasteiger partial charge in [0.1, 0.15) is 18.7 Å². The lowest BCUT2D eigenvalue weighted by Crippen LogP contribution is -2.54. The van der Waals surface area contributed by atoms with E-state index in [9.17, 15) is 14.4 Å². The van der Waals surface area contributed by atoms with Gasteiger partial charge in [-0.1, -0.05) is 25.8 Å². The molecule has 0 radical (unpaired) electrons. The fourth-order valence-electron chi connectivity index (χ4n) is 4.01. The van der Waals surface area contributed by atoms with Gasteiger partial charge in [-0.3, -0.25) is 14.5 Å². The van der Waals surface area contributed by atoms with Gasteiger partial charge in [0.05, 0.1) is 0 Å². The Balaban J connectivity index is 1.36. The molecular formula is C19H22N2O6. The van der Waals surface area contributed by atoms with Crippen LogP contribution < -0.4 is 14.8 Å². The van der Waals surface area contributed by atoms with Crippen LogP contribution in [0.15, 0.2) is 18.2 Å². The van der Waals surface area contributed by atoms with Gasteiger partial charge in [0.15, 0.2) is 11.5 Å². The molecule has 3 aliphatic rings. The number of carbonyl (C=O) groups is 3. The summed E-state index contributed by atoms with van der Waals surface area (Å²) in [7, 11) is 0. The number of carbonyl (C=O) groups excluding carboxylic acids is 3. The van der Waals surface area contributed by atoms with E-state index >= 15 is 0 Å². The molecule has 0 bridgehead atoms. The maximum Gasteiger partial charge on any atom is 0.326 e. The number of rotatable bonds is 4. The molecule has 1 spiro atoms. The van der Waals surface area contributed by atoms with Crippen LogP contribution in [0.5, 0.6) is 11.5 Å². The summed E-state index contributed by atoms with van der Waals surface area (Å²) in [5.74, 6) is 0.357. The molecule has 1 saturated heterocycles. The Morgan fingerprint density at radius 3 is 2.93 bits per heavy atom. The van der Waals surface area contributed by atoms with Crippen LogP contribution in [-0.4, -0.2) is 41.7 Å². The number of fused-ring (bicyclic) bond motifs is 1. The first kappa shape index (κ1) is 17.6. The van der Waals surface area contributed by atoms with Crippen LogP contribution >= 0.6 is 0 Å². The number of hydrogen-bond donors (Lipinski definition) is 1. The first-order valence-electron chi connectivity index (χ1n) is 9.18. The summed E-state index contributed by atoms with van der Waals surface area (Å²) >= 11 is 0. The van der Waals surface area contributed by atoms with E-state index in [1.54, 1.807) is 18.2 Å². The Kier molecular flexibility index (Phi) is 4.41. The van der Waals surface area contributed by atoms with Crippen molar-refractivity contribution in [3.63, 3.8) is 0 Å². The molecule has 1 aliphatic carbocycles. The number of ether oxygens (including phenoxy) is 3. The second kappa shape index (κ2) is 6.75. The maximum atomic E-state index is 12.8. The Morgan fingerprint density at radius 1 is 1.30 bits per heavy atom. The molecule has 8 heteroatoms. The second-order valence-electron chi connectivity index (χ2n) is 7.29. The summed E-state index contributed by atoms with van der Waals surface area (Å²) in [6.07, 6.45) is 3.43. The zero-order chi connectivity index (χ0) is 19.0. The van der Waals surface area contributed by atoms with E-state index < -0.39 is 17.5 Å². The monoisotopic (exact) mass is 374 g/mol. The number of benzene rings is 1. The normalized spacial score (nSPS) is 26.4. The fourth-order valence-corrected chi connectivity index (χ4v) is 4.01. The number of amides is 3. The molecule has 4 rings (SSSR count). The van der Waals surface area contributed by atoms with E-state index in [-0.39, 0.29) is 31.8 Å². The summed E-state index contributed by atoms with van der Waals surface area (Å²) in [5.41, 5.74) is -0.130. The van der Waals surface area contributed by atoms with Crippen LogP contribution in [0.4, 0.5) is 4.79 Å². The van der Waals surface area contributed by atoms with Crippen LogP contribution in [0.3, 0.4) is 0 Å². The number of nitrogens with one attached hydrogen (secondary N) is 1. The minimum Gasteiger partial charge on any atom is -0.459 e. The zero-order valence-electron chi connectivity index (χ0n) is 15.2. The van der Waals surface area contributed by atoms with E-state index in [1.165, 1.54) is 0 Å². The third-order valence-corrected chi connectivity index (χ3v) is 5.63. The summed E-state index contributed by atoms with van der Waals surface area (Å²) in [6.45, 7) is 1.79. The lowest BCUT2D eigenvalue weighted by Gasteiger charge is -2.36. The van der Waals surface area contributed by atoms with Gasteiger partial charge in [-0.25, -0.2) is 4.79 Å². The molecule has 1 N–H and O–H groups in total. The molecular weight excluding hydrogens is 352 g/mol. The molecule has 144 valence electrons. The average molecular weight is 374 g/mol. The summed E-state index contributed by atoms with van der Waals surface area (Å²) in [6, 6.07) is 4.74. The van der Waals surface area contributed by atoms with E-state index in [0.717, 1.165) is 29.7 Å². The van der Waals surface area contributed by atoms with E-state index in [2.05, 4.69) is 5.32 Å². The van der Waals surface area contributed by atoms with Crippen molar-refractivity contribution < 1.29 is 28.6 Å². The van der Waals surface area contributed by atoms with Crippen LogP contribution in [0.2, 0.25) is 0 Å². The standard InChI is InChI=1S/C19H22N2O6/c1-12-4-2-3-7-19(12)17(23)21(18(24)20-19)9-16(22)25-10-13-5-6-14-15(8-13)27-11-26-14/h5-6,8,12H,2-4,7,9-11H2,1H3,(H,20,24)/t12-,19-/m0/s1. The van der Waals surface area contributed by atoms with Gasteiger partial charge in [-0.15, -0.1) is 0 Å². The number of esters is 1. The number of nitrogens with zero attached hydrogens (tertiary/aromatic N) is 1. The number of urea groups is 1. The highest BCUT2D eigenvalue weighted by Crippen LogP contribution is 2.38. The Hall–Kier alpha value is -2.77. The average Bonchev–Trinajstić information content (AvgIpc) is 3.21. The quantitative estimate of drug-likeness (QED) is 0.640. The molecule has 1 aromatic rings. The first-order chi connectivity index (χ1) is 13.0. The van der Waals surface area contributed by atoms with Gasteiger partial charge in [0, 0.05) is 0 Å². The lowest BCUT2D eigenvalue weighted by molar-refractivity contribution is -0.149.